The van der Waals surface area contributed by atoms with E-state index < -0.39 is 0 Å². The summed E-state index contributed by atoms with van der Waals surface area (Å²) < 4.78 is 0. The zero-order valence-electron chi connectivity index (χ0n) is 9.52. The SMILES string of the molecule is OCCC1(CNc2ncnc3sccc23)CC1. The highest BCUT2D eigenvalue weighted by Crippen LogP contribution is 2.48. The lowest BCUT2D eigenvalue weighted by molar-refractivity contribution is 0.253. The minimum atomic E-state index is 0.277. The number of anilines is 1. The Balaban J connectivity index is 1.75. The summed E-state index contributed by atoms with van der Waals surface area (Å²) in [6.45, 7) is 1.18. The van der Waals surface area contributed by atoms with Crippen molar-refractivity contribution in [2.24, 2.45) is 5.41 Å². The Bertz CT molecular complexity index is 521. The van der Waals surface area contributed by atoms with Gasteiger partial charge in [-0.1, -0.05) is 0 Å². The molecule has 0 atom stereocenters. The quantitative estimate of drug-likeness (QED) is 0.853. The van der Waals surface area contributed by atoms with Crippen LogP contribution in [-0.4, -0.2) is 28.2 Å². The van der Waals surface area contributed by atoms with Crippen LogP contribution in [0.3, 0.4) is 0 Å². The number of rotatable bonds is 5. The third kappa shape index (κ3) is 2.12. The molecule has 0 saturated heterocycles. The standard InChI is InChI=1S/C12H15N3OS/c16-5-4-12(2-3-12)7-13-10-9-1-6-17-11(9)15-8-14-10/h1,6,8,16H,2-5,7H2,(H,13,14,15). The van der Waals surface area contributed by atoms with Crippen molar-refractivity contribution in [1.29, 1.82) is 0 Å². The van der Waals surface area contributed by atoms with Gasteiger partial charge in [0.05, 0.1) is 5.39 Å². The van der Waals surface area contributed by atoms with E-state index in [4.69, 9.17) is 5.11 Å². The fourth-order valence-corrected chi connectivity index (χ4v) is 2.86. The highest BCUT2D eigenvalue weighted by molar-refractivity contribution is 7.16. The Labute approximate surface area is 104 Å². The summed E-state index contributed by atoms with van der Waals surface area (Å²) in [4.78, 5) is 9.54. The molecule has 0 spiro atoms. The molecule has 2 N–H and O–H groups in total. The van der Waals surface area contributed by atoms with Gasteiger partial charge < -0.3 is 10.4 Å². The zero-order valence-corrected chi connectivity index (χ0v) is 10.3. The van der Waals surface area contributed by atoms with E-state index in [1.807, 2.05) is 11.4 Å². The van der Waals surface area contributed by atoms with Gasteiger partial charge in [-0.25, -0.2) is 9.97 Å². The van der Waals surface area contributed by atoms with Crippen molar-refractivity contribution >= 4 is 27.4 Å². The average molecular weight is 249 g/mol. The van der Waals surface area contributed by atoms with Gasteiger partial charge in [0.2, 0.25) is 0 Å². The second-order valence-electron chi connectivity index (χ2n) is 4.69. The van der Waals surface area contributed by atoms with E-state index in [0.717, 1.165) is 29.0 Å². The summed E-state index contributed by atoms with van der Waals surface area (Å²) in [6.07, 6.45) is 4.90. The van der Waals surface area contributed by atoms with Gasteiger partial charge >= 0.3 is 0 Å². The number of nitrogens with zero attached hydrogens (tertiary/aromatic N) is 2. The molecular weight excluding hydrogens is 234 g/mol. The molecule has 1 aliphatic carbocycles. The Morgan fingerprint density at radius 1 is 1.41 bits per heavy atom. The maximum absolute atomic E-state index is 9.03. The summed E-state index contributed by atoms with van der Waals surface area (Å²) in [5.41, 5.74) is 0.308. The average Bonchev–Trinajstić information content (AvgIpc) is 2.92. The maximum Gasteiger partial charge on any atom is 0.138 e. The predicted octanol–water partition coefficient (Wildman–Crippen LogP) is 2.27. The molecule has 1 aliphatic rings. The van der Waals surface area contributed by atoms with Crippen LogP contribution in [0.1, 0.15) is 19.3 Å². The fraction of sp³-hybridized carbons (Fsp3) is 0.500. The van der Waals surface area contributed by atoms with Gasteiger partial charge in [-0.2, -0.15) is 0 Å². The minimum Gasteiger partial charge on any atom is -0.396 e. The number of hydrogen-bond donors (Lipinski definition) is 2. The minimum absolute atomic E-state index is 0.277. The first-order valence-electron chi connectivity index (χ1n) is 5.86. The second-order valence-corrected chi connectivity index (χ2v) is 5.58. The van der Waals surface area contributed by atoms with Gasteiger partial charge in [0, 0.05) is 13.2 Å². The molecule has 2 heterocycles. The van der Waals surface area contributed by atoms with E-state index in [2.05, 4.69) is 15.3 Å². The number of thiophene rings is 1. The van der Waals surface area contributed by atoms with E-state index in [1.54, 1.807) is 17.7 Å². The molecule has 0 radical (unpaired) electrons. The van der Waals surface area contributed by atoms with Gasteiger partial charge in [0.25, 0.3) is 0 Å². The van der Waals surface area contributed by atoms with Crippen molar-refractivity contribution in [3.63, 3.8) is 0 Å². The van der Waals surface area contributed by atoms with Crippen LogP contribution in [0.25, 0.3) is 10.2 Å². The monoisotopic (exact) mass is 249 g/mol. The summed E-state index contributed by atoms with van der Waals surface area (Å²) in [6, 6.07) is 2.05. The molecule has 1 fully saturated rings. The first-order chi connectivity index (χ1) is 8.33. The van der Waals surface area contributed by atoms with Crippen LogP contribution in [0, 0.1) is 5.41 Å². The third-order valence-corrected chi connectivity index (χ3v) is 4.31. The van der Waals surface area contributed by atoms with Crippen molar-refractivity contribution < 1.29 is 5.11 Å². The fourth-order valence-electron chi connectivity index (χ4n) is 2.13. The number of aromatic nitrogens is 2. The van der Waals surface area contributed by atoms with Gasteiger partial charge in [0.1, 0.15) is 17.0 Å². The molecular formula is C12H15N3OS. The maximum atomic E-state index is 9.03. The number of aliphatic hydroxyl groups is 1. The lowest BCUT2D eigenvalue weighted by Crippen LogP contribution is -2.17. The molecule has 5 heteroatoms. The molecule has 0 aromatic carbocycles. The first kappa shape index (κ1) is 10.9. The van der Waals surface area contributed by atoms with Gasteiger partial charge in [-0.3, -0.25) is 0 Å². The smallest absolute Gasteiger partial charge is 0.138 e. The Kier molecular flexibility index (Phi) is 2.72. The zero-order chi connectivity index (χ0) is 11.7. The van der Waals surface area contributed by atoms with Crippen molar-refractivity contribution in [2.75, 3.05) is 18.5 Å². The van der Waals surface area contributed by atoms with Gasteiger partial charge in [-0.05, 0) is 36.1 Å². The molecule has 2 aromatic heterocycles. The topological polar surface area (TPSA) is 58.0 Å². The summed E-state index contributed by atoms with van der Waals surface area (Å²) in [5.74, 6) is 0.917. The largest absolute Gasteiger partial charge is 0.396 e. The normalized spacial score (nSPS) is 17.2. The van der Waals surface area contributed by atoms with Crippen LogP contribution in [-0.2, 0) is 0 Å². The van der Waals surface area contributed by atoms with Crippen molar-refractivity contribution in [3.05, 3.63) is 17.8 Å². The number of aliphatic hydroxyl groups excluding tert-OH is 1. The molecule has 3 rings (SSSR count). The highest BCUT2D eigenvalue weighted by Gasteiger charge is 2.41. The van der Waals surface area contributed by atoms with Gasteiger partial charge in [-0.15, -0.1) is 11.3 Å². The van der Waals surface area contributed by atoms with Crippen molar-refractivity contribution in [3.8, 4) is 0 Å². The number of fused-ring (bicyclic) bond motifs is 1. The summed E-state index contributed by atoms with van der Waals surface area (Å²) in [7, 11) is 0. The van der Waals surface area contributed by atoms with Crippen LogP contribution >= 0.6 is 11.3 Å². The van der Waals surface area contributed by atoms with Crippen LogP contribution in [0.15, 0.2) is 17.8 Å². The predicted molar refractivity (Wildman–Crippen MR) is 69.3 cm³/mol. The van der Waals surface area contributed by atoms with Crippen molar-refractivity contribution in [2.45, 2.75) is 19.3 Å². The molecule has 0 amide bonds. The Morgan fingerprint density at radius 3 is 3.06 bits per heavy atom. The molecule has 4 nitrogen and oxygen atoms in total. The Morgan fingerprint density at radius 2 is 2.29 bits per heavy atom. The molecule has 17 heavy (non-hydrogen) atoms. The van der Waals surface area contributed by atoms with Crippen LogP contribution in [0.2, 0.25) is 0 Å². The lowest BCUT2D eigenvalue weighted by Gasteiger charge is -2.15. The Hall–Kier alpha value is -1.20. The van der Waals surface area contributed by atoms with E-state index in [9.17, 15) is 0 Å². The molecule has 1 saturated carbocycles. The van der Waals surface area contributed by atoms with Crippen molar-refractivity contribution in [1.82, 2.24) is 9.97 Å². The number of nitrogens with one attached hydrogen (secondary N) is 1. The highest BCUT2D eigenvalue weighted by atomic mass is 32.1. The van der Waals surface area contributed by atoms with Gasteiger partial charge in [0.15, 0.2) is 0 Å². The summed E-state index contributed by atoms with van der Waals surface area (Å²) >= 11 is 1.63. The first-order valence-corrected chi connectivity index (χ1v) is 6.74. The summed E-state index contributed by atoms with van der Waals surface area (Å²) in [5, 5.41) is 15.6. The molecule has 0 aliphatic heterocycles. The second kappa shape index (κ2) is 4.23. The molecule has 90 valence electrons. The number of hydrogen-bond acceptors (Lipinski definition) is 5. The van der Waals surface area contributed by atoms with Crippen LogP contribution < -0.4 is 5.32 Å². The van der Waals surface area contributed by atoms with E-state index >= 15 is 0 Å². The van der Waals surface area contributed by atoms with E-state index in [-0.39, 0.29) is 6.61 Å². The molecule has 0 bridgehead atoms. The van der Waals surface area contributed by atoms with Crippen LogP contribution in [0.5, 0.6) is 0 Å². The third-order valence-electron chi connectivity index (χ3n) is 3.49. The lowest BCUT2D eigenvalue weighted by atomic mass is 10.0. The molecule has 0 unspecified atom stereocenters. The van der Waals surface area contributed by atoms with E-state index in [1.165, 1.54) is 12.8 Å². The van der Waals surface area contributed by atoms with Crippen LogP contribution in [0.4, 0.5) is 5.82 Å². The van der Waals surface area contributed by atoms with E-state index in [0.29, 0.717) is 5.41 Å². The molecule has 2 aromatic rings.